The Labute approximate surface area is 121 Å². The van der Waals surface area contributed by atoms with Crippen molar-refractivity contribution in [3.05, 3.63) is 35.1 Å². The molecule has 19 heavy (non-hydrogen) atoms. The summed E-state index contributed by atoms with van der Waals surface area (Å²) in [5, 5.41) is 16.7. The summed E-state index contributed by atoms with van der Waals surface area (Å²) in [6.45, 7) is 0. The van der Waals surface area contributed by atoms with Gasteiger partial charge in [-0.15, -0.1) is 10.2 Å². The molecule has 0 radical (unpaired) electrons. The van der Waals surface area contributed by atoms with Gasteiger partial charge in [0.2, 0.25) is 0 Å². The van der Waals surface area contributed by atoms with Crippen molar-refractivity contribution in [2.24, 2.45) is 0 Å². The number of nitrogens with zero attached hydrogens (tertiary/aromatic N) is 2. The normalized spacial score (nSPS) is 10.6. The van der Waals surface area contributed by atoms with Gasteiger partial charge >= 0.3 is 5.97 Å². The quantitative estimate of drug-likeness (QED) is 0.853. The molecule has 0 fully saturated rings. The number of halogens is 1. The molecule has 0 aliphatic heterocycles. The van der Waals surface area contributed by atoms with Crippen molar-refractivity contribution in [2.45, 2.75) is 14.4 Å². The molecule has 0 atom stereocenters. The van der Waals surface area contributed by atoms with Crippen LogP contribution in [0.3, 0.4) is 0 Å². The fourth-order valence-electron chi connectivity index (χ4n) is 1.30. The van der Waals surface area contributed by atoms with Crippen LogP contribution in [0, 0.1) is 5.82 Å². The van der Waals surface area contributed by atoms with Crippen LogP contribution < -0.4 is 0 Å². The number of hydrogen-bond donors (Lipinski definition) is 1. The zero-order valence-electron chi connectivity index (χ0n) is 9.79. The summed E-state index contributed by atoms with van der Waals surface area (Å²) in [6.07, 6.45) is 1.93. The first-order valence-corrected chi connectivity index (χ1v) is 8.15. The molecule has 2 rings (SSSR count). The minimum atomic E-state index is -1.26. The van der Waals surface area contributed by atoms with Gasteiger partial charge in [-0.1, -0.05) is 40.9 Å². The molecule has 0 saturated carbocycles. The molecule has 8 heteroatoms. The molecule has 2 aromatic rings. The van der Waals surface area contributed by atoms with E-state index in [1.807, 2.05) is 6.26 Å². The number of carboxylic acids is 1. The van der Waals surface area contributed by atoms with Gasteiger partial charge in [0.05, 0.1) is 5.56 Å². The molecule has 0 spiro atoms. The van der Waals surface area contributed by atoms with Crippen LogP contribution in [-0.4, -0.2) is 27.5 Å². The Morgan fingerprint density at radius 3 is 2.74 bits per heavy atom. The first-order valence-electron chi connectivity index (χ1n) is 5.12. The van der Waals surface area contributed by atoms with Gasteiger partial charge in [-0.2, -0.15) is 0 Å². The lowest BCUT2D eigenvalue weighted by Gasteiger charge is -2.01. The van der Waals surface area contributed by atoms with Gasteiger partial charge in [0, 0.05) is 5.75 Å². The number of aromatic nitrogens is 2. The lowest BCUT2D eigenvalue weighted by Crippen LogP contribution is -2.00. The highest BCUT2D eigenvalue weighted by atomic mass is 32.2. The summed E-state index contributed by atoms with van der Waals surface area (Å²) >= 11 is 4.46. The van der Waals surface area contributed by atoms with E-state index < -0.39 is 11.8 Å². The number of carbonyl (C=O) groups is 1. The number of thioether (sulfide) groups is 2. The van der Waals surface area contributed by atoms with E-state index in [9.17, 15) is 9.18 Å². The van der Waals surface area contributed by atoms with Crippen LogP contribution in [0.25, 0.3) is 0 Å². The minimum Gasteiger partial charge on any atom is -0.478 e. The Kier molecular flexibility index (Phi) is 4.78. The van der Waals surface area contributed by atoms with Crippen LogP contribution in [-0.2, 0) is 5.75 Å². The molecule has 0 amide bonds. The van der Waals surface area contributed by atoms with Crippen molar-refractivity contribution in [2.75, 3.05) is 6.26 Å². The number of rotatable bonds is 5. The van der Waals surface area contributed by atoms with Crippen molar-refractivity contribution < 1.29 is 14.3 Å². The number of benzene rings is 1. The lowest BCUT2D eigenvalue weighted by atomic mass is 10.1. The smallest absolute Gasteiger partial charge is 0.338 e. The summed E-state index contributed by atoms with van der Waals surface area (Å²) in [6, 6.07) is 4.13. The van der Waals surface area contributed by atoms with Crippen LogP contribution in [0.1, 0.15) is 15.9 Å². The third kappa shape index (κ3) is 3.68. The van der Waals surface area contributed by atoms with E-state index in [0.717, 1.165) is 8.68 Å². The lowest BCUT2D eigenvalue weighted by molar-refractivity contribution is 0.0692. The van der Waals surface area contributed by atoms with Crippen molar-refractivity contribution >= 4 is 40.8 Å². The molecule has 0 saturated heterocycles. The second-order valence-corrected chi connectivity index (χ2v) is 6.70. The molecule has 0 aliphatic rings. The molecular formula is C11H9FN2O2S3. The number of aromatic carboxylic acids is 1. The van der Waals surface area contributed by atoms with E-state index in [-0.39, 0.29) is 5.56 Å². The standard InChI is InChI=1S/C11H9FN2O2S3/c1-17-10-13-14-11(19-10)18-5-6-2-3-7(9(15)16)8(12)4-6/h2-4H,5H2,1H3,(H,15,16). The first-order chi connectivity index (χ1) is 9.10. The molecule has 100 valence electrons. The molecule has 0 aliphatic carbocycles. The van der Waals surface area contributed by atoms with Gasteiger partial charge in [-0.25, -0.2) is 9.18 Å². The fourth-order valence-corrected chi connectivity index (χ4v) is 3.69. The van der Waals surface area contributed by atoms with Gasteiger partial charge < -0.3 is 5.11 Å². The maximum atomic E-state index is 13.5. The zero-order valence-corrected chi connectivity index (χ0v) is 12.2. The Bertz CT molecular complexity index is 603. The summed E-state index contributed by atoms with van der Waals surface area (Å²) in [5.74, 6) is -1.45. The predicted molar refractivity (Wildman–Crippen MR) is 74.6 cm³/mol. The van der Waals surface area contributed by atoms with Gasteiger partial charge in [0.1, 0.15) is 5.82 Å². The molecule has 0 bridgehead atoms. The minimum absolute atomic E-state index is 0.311. The maximum Gasteiger partial charge on any atom is 0.338 e. The Balaban J connectivity index is 2.03. The van der Waals surface area contributed by atoms with Crippen LogP contribution in [0.15, 0.2) is 26.9 Å². The van der Waals surface area contributed by atoms with E-state index in [1.54, 1.807) is 6.07 Å². The topological polar surface area (TPSA) is 63.1 Å². The zero-order chi connectivity index (χ0) is 13.8. The van der Waals surface area contributed by atoms with Gasteiger partial charge in [0.15, 0.2) is 8.68 Å². The summed E-state index contributed by atoms with van der Waals surface area (Å²) in [5.41, 5.74) is 0.405. The van der Waals surface area contributed by atoms with E-state index in [0.29, 0.717) is 11.3 Å². The molecule has 1 N–H and O–H groups in total. The molecule has 0 unspecified atom stereocenters. The molecule has 1 aromatic carbocycles. The Hall–Kier alpha value is -1.12. The highest BCUT2D eigenvalue weighted by Gasteiger charge is 2.11. The SMILES string of the molecule is CSc1nnc(SCc2ccc(C(=O)O)c(F)c2)s1. The second-order valence-electron chi connectivity index (χ2n) is 3.45. The largest absolute Gasteiger partial charge is 0.478 e. The van der Waals surface area contributed by atoms with Crippen LogP contribution in [0.2, 0.25) is 0 Å². The van der Waals surface area contributed by atoms with E-state index in [1.165, 1.54) is 47.0 Å². The van der Waals surface area contributed by atoms with Crippen molar-refractivity contribution in [3.63, 3.8) is 0 Å². The summed E-state index contributed by atoms with van der Waals surface area (Å²) < 4.78 is 15.2. The Morgan fingerprint density at radius 1 is 1.42 bits per heavy atom. The third-order valence-electron chi connectivity index (χ3n) is 2.19. The van der Waals surface area contributed by atoms with Gasteiger partial charge in [0.25, 0.3) is 0 Å². The summed E-state index contributed by atoms with van der Waals surface area (Å²) in [4.78, 5) is 10.7. The van der Waals surface area contributed by atoms with Gasteiger partial charge in [-0.3, -0.25) is 0 Å². The average Bonchev–Trinajstić information content (AvgIpc) is 2.84. The van der Waals surface area contributed by atoms with Crippen LogP contribution in [0.4, 0.5) is 4.39 Å². The van der Waals surface area contributed by atoms with E-state index >= 15 is 0 Å². The van der Waals surface area contributed by atoms with Crippen molar-refractivity contribution in [3.8, 4) is 0 Å². The van der Waals surface area contributed by atoms with E-state index in [4.69, 9.17) is 5.11 Å². The molecule has 1 heterocycles. The number of carboxylic acid groups (broad SMARTS) is 1. The average molecular weight is 316 g/mol. The first kappa shape index (κ1) is 14.3. The molecule has 1 aromatic heterocycles. The molecule has 4 nitrogen and oxygen atoms in total. The van der Waals surface area contributed by atoms with E-state index in [2.05, 4.69) is 10.2 Å². The highest BCUT2D eigenvalue weighted by Crippen LogP contribution is 2.29. The second kappa shape index (κ2) is 6.36. The maximum absolute atomic E-state index is 13.5. The van der Waals surface area contributed by atoms with Crippen molar-refractivity contribution in [1.29, 1.82) is 0 Å². The third-order valence-corrected chi connectivity index (χ3v) is 5.29. The molecular weight excluding hydrogens is 307 g/mol. The van der Waals surface area contributed by atoms with Crippen LogP contribution in [0.5, 0.6) is 0 Å². The monoisotopic (exact) mass is 316 g/mol. The predicted octanol–water partition coefficient (Wildman–Crippen LogP) is 3.39. The van der Waals surface area contributed by atoms with Gasteiger partial charge in [-0.05, 0) is 24.0 Å². The number of hydrogen-bond acceptors (Lipinski definition) is 6. The fraction of sp³-hybridized carbons (Fsp3) is 0.182. The summed E-state index contributed by atoms with van der Waals surface area (Å²) in [7, 11) is 0. The van der Waals surface area contributed by atoms with Crippen LogP contribution >= 0.6 is 34.9 Å². The Morgan fingerprint density at radius 2 is 2.16 bits per heavy atom. The highest BCUT2D eigenvalue weighted by molar-refractivity contribution is 8.02. The van der Waals surface area contributed by atoms with Crippen molar-refractivity contribution in [1.82, 2.24) is 10.2 Å².